The fourth-order valence-corrected chi connectivity index (χ4v) is 17.0. The van der Waals surface area contributed by atoms with Gasteiger partial charge in [-0.3, -0.25) is 0 Å². The van der Waals surface area contributed by atoms with Crippen LogP contribution in [0.3, 0.4) is 0 Å². The van der Waals surface area contributed by atoms with Crippen LogP contribution < -0.4 is 0 Å². The van der Waals surface area contributed by atoms with Crippen LogP contribution in [0.15, 0.2) is 0 Å². The molecule has 1 heterocycles. The molecule has 0 aromatic carbocycles. The Hall–Kier alpha value is 0.874. The summed E-state index contributed by atoms with van der Waals surface area (Å²) in [4.78, 5) is 0. The maximum Gasteiger partial charge on any atom is 0.115 e. The minimum atomic E-state index is -0.968. The minimum absolute atomic E-state index is 0.968. The van der Waals surface area contributed by atoms with E-state index in [1.807, 2.05) is 0 Å². The monoisotopic (exact) mass is 279 g/mol. The van der Waals surface area contributed by atoms with Gasteiger partial charge in [0.1, 0.15) is 16.5 Å². The quantitative estimate of drug-likeness (QED) is 0.565. The zero-order valence-corrected chi connectivity index (χ0v) is 12.9. The van der Waals surface area contributed by atoms with Crippen molar-refractivity contribution in [3.05, 3.63) is 0 Å². The molecule has 1 fully saturated rings. The van der Waals surface area contributed by atoms with Crippen molar-refractivity contribution in [2.24, 2.45) is 0 Å². The molecule has 0 amide bonds. The highest BCUT2D eigenvalue weighted by molar-refractivity contribution is 9.09. The summed E-state index contributed by atoms with van der Waals surface area (Å²) in [6.45, 7) is 11.5. The molecule has 1 rings (SSSR count). The zero-order valence-electron chi connectivity index (χ0n) is 9.36. The summed E-state index contributed by atoms with van der Waals surface area (Å²) in [5.74, 6) is 0. The van der Waals surface area contributed by atoms with Gasteiger partial charge in [-0.2, -0.15) is 0 Å². The molecule has 0 radical (unpaired) electrons. The molecule has 4 heteroatoms. The summed E-state index contributed by atoms with van der Waals surface area (Å²) in [6.07, 6.45) is 1.33. The largest absolute Gasteiger partial charge is 0.345 e. The number of nitrogens with zero attached hydrogens (tertiary/aromatic N) is 1. The van der Waals surface area contributed by atoms with Crippen molar-refractivity contribution >= 4 is 32.4 Å². The van der Waals surface area contributed by atoms with Crippen LogP contribution in [0.1, 0.15) is 6.42 Å². The molecule has 0 aromatic rings. The Balaban J connectivity index is 2.64. The lowest BCUT2D eigenvalue weighted by Crippen LogP contribution is -2.55. The minimum Gasteiger partial charge on any atom is -0.345 e. The van der Waals surface area contributed by atoms with Gasteiger partial charge in [0, 0.05) is 5.33 Å². The molecule has 1 nitrogen and oxygen atoms in total. The average molecular weight is 280 g/mol. The number of rotatable bonds is 3. The summed E-state index contributed by atoms with van der Waals surface area (Å²) in [6, 6.07) is 3.07. The van der Waals surface area contributed by atoms with Crippen LogP contribution in [0, 0.1) is 0 Å². The Morgan fingerprint density at radius 1 is 1.08 bits per heavy atom. The maximum atomic E-state index is 3.54. The predicted octanol–water partition coefficient (Wildman–Crippen LogP) is 3.50. The zero-order chi connectivity index (χ0) is 10.1. The molecule has 0 aliphatic carbocycles. The summed E-state index contributed by atoms with van der Waals surface area (Å²) in [5, 5.41) is 1.17. The first kappa shape index (κ1) is 11.9. The number of alkyl halides is 1. The molecule has 1 aliphatic heterocycles. The van der Waals surface area contributed by atoms with Gasteiger partial charge in [-0.15, -0.1) is 0 Å². The van der Waals surface area contributed by atoms with E-state index in [4.69, 9.17) is 0 Å². The van der Waals surface area contributed by atoms with Gasteiger partial charge in [0.15, 0.2) is 0 Å². The van der Waals surface area contributed by atoms with E-state index in [0.717, 1.165) is 0 Å². The average Bonchev–Trinajstić information content (AvgIpc) is 2.20. The van der Waals surface area contributed by atoms with Gasteiger partial charge < -0.3 is 4.23 Å². The summed E-state index contributed by atoms with van der Waals surface area (Å²) in [5.41, 5.74) is 0. The van der Waals surface area contributed by atoms with Crippen molar-refractivity contribution in [2.45, 2.75) is 44.7 Å². The maximum absolute atomic E-state index is 3.54. The molecule has 0 N–H and O–H groups in total. The topological polar surface area (TPSA) is 3.24 Å². The van der Waals surface area contributed by atoms with Gasteiger partial charge in [0.25, 0.3) is 0 Å². The second-order valence-corrected chi connectivity index (χ2v) is 15.9. The molecular weight excluding hydrogens is 258 g/mol. The number of halogens is 1. The standard InChI is InChI=1S/C9H22BrNSi2/c1-12(2)8-9-13(3,4)11(12)7-5-6-10/h5-9H2,1-4H3. The Bertz CT molecular complexity index is 166. The molecule has 1 saturated heterocycles. The van der Waals surface area contributed by atoms with Gasteiger partial charge >= 0.3 is 0 Å². The highest BCUT2D eigenvalue weighted by atomic mass is 79.9. The van der Waals surface area contributed by atoms with Crippen molar-refractivity contribution < 1.29 is 0 Å². The predicted molar refractivity (Wildman–Crippen MR) is 69.7 cm³/mol. The first-order valence-electron chi connectivity index (χ1n) is 5.24. The van der Waals surface area contributed by atoms with Gasteiger partial charge in [-0.05, 0) is 25.1 Å². The fraction of sp³-hybridized carbons (Fsp3) is 1.00. The highest BCUT2D eigenvalue weighted by Crippen LogP contribution is 2.36. The summed E-state index contributed by atoms with van der Waals surface area (Å²) < 4.78 is 2.95. The molecule has 78 valence electrons. The van der Waals surface area contributed by atoms with Crippen LogP contribution in [-0.2, 0) is 0 Å². The Labute approximate surface area is 93.2 Å². The molecule has 13 heavy (non-hydrogen) atoms. The smallest absolute Gasteiger partial charge is 0.115 e. The van der Waals surface area contributed by atoms with E-state index in [9.17, 15) is 0 Å². The van der Waals surface area contributed by atoms with Crippen molar-refractivity contribution in [3.63, 3.8) is 0 Å². The first-order valence-corrected chi connectivity index (χ1v) is 12.7. The van der Waals surface area contributed by atoms with Crippen LogP contribution >= 0.6 is 15.9 Å². The third-order valence-electron chi connectivity index (χ3n) is 3.33. The Morgan fingerprint density at radius 3 is 1.92 bits per heavy atom. The van der Waals surface area contributed by atoms with E-state index in [2.05, 4.69) is 46.3 Å². The second kappa shape index (κ2) is 4.17. The normalized spacial score (nSPS) is 26.5. The van der Waals surface area contributed by atoms with Crippen LogP contribution in [0.25, 0.3) is 0 Å². The SMILES string of the molecule is C[Si]1(C)CC[Si](C)(C)N1CCCBr. The molecular formula is C9H22BrNSi2. The van der Waals surface area contributed by atoms with Gasteiger partial charge in [0.05, 0.1) is 0 Å². The van der Waals surface area contributed by atoms with E-state index in [0.29, 0.717) is 0 Å². The van der Waals surface area contributed by atoms with Crippen molar-refractivity contribution in [2.75, 3.05) is 11.9 Å². The van der Waals surface area contributed by atoms with Gasteiger partial charge in [-0.25, -0.2) is 0 Å². The number of hydrogen-bond donors (Lipinski definition) is 0. The highest BCUT2D eigenvalue weighted by Gasteiger charge is 2.46. The fourth-order valence-electron chi connectivity index (χ4n) is 2.52. The molecule has 0 bridgehead atoms. The van der Waals surface area contributed by atoms with Crippen molar-refractivity contribution in [3.8, 4) is 0 Å². The van der Waals surface area contributed by atoms with Gasteiger partial charge in [-0.1, -0.05) is 42.1 Å². The van der Waals surface area contributed by atoms with E-state index in [1.54, 1.807) is 0 Å². The number of hydrogen-bond acceptors (Lipinski definition) is 1. The Kier molecular flexibility index (Phi) is 3.83. The van der Waals surface area contributed by atoms with E-state index >= 15 is 0 Å². The second-order valence-electron chi connectivity index (χ2n) is 5.32. The molecule has 1 aliphatic rings. The van der Waals surface area contributed by atoms with Crippen LogP contribution in [-0.4, -0.2) is 32.6 Å². The lowest BCUT2D eigenvalue weighted by Gasteiger charge is -2.38. The lowest BCUT2D eigenvalue weighted by atomic mass is 10.5. The molecule has 0 aromatic heterocycles. The summed E-state index contributed by atoms with van der Waals surface area (Å²) in [7, 11) is -1.94. The molecule has 0 saturated carbocycles. The third-order valence-corrected chi connectivity index (χ3v) is 14.3. The summed E-state index contributed by atoms with van der Waals surface area (Å²) >= 11 is 3.54. The van der Waals surface area contributed by atoms with Crippen molar-refractivity contribution in [1.82, 2.24) is 4.23 Å². The van der Waals surface area contributed by atoms with Crippen LogP contribution in [0.4, 0.5) is 0 Å². The van der Waals surface area contributed by atoms with E-state index < -0.39 is 16.5 Å². The van der Waals surface area contributed by atoms with E-state index in [1.165, 1.54) is 30.4 Å². The molecule has 0 spiro atoms. The molecule has 0 unspecified atom stereocenters. The lowest BCUT2D eigenvalue weighted by molar-refractivity contribution is 0.616. The van der Waals surface area contributed by atoms with Crippen LogP contribution in [0.2, 0.25) is 38.3 Å². The molecule has 0 atom stereocenters. The first-order chi connectivity index (χ1) is 5.90. The van der Waals surface area contributed by atoms with Gasteiger partial charge in [0.2, 0.25) is 0 Å². The van der Waals surface area contributed by atoms with Crippen LogP contribution in [0.5, 0.6) is 0 Å². The van der Waals surface area contributed by atoms with Crippen molar-refractivity contribution in [1.29, 1.82) is 0 Å². The Morgan fingerprint density at radius 2 is 1.54 bits per heavy atom. The third kappa shape index (κ3) is 2.67. The van der Waals surface area contributed by atoms with E-state index in [-0.39, 0.29) is 0 Å².